The molecule has 1 aromatic carbocycles. The van der Waals surface area contributed by atoms with Crippen LogP contribution in [0, 0.1) is 11.3 Å². The lowest BCUT2D eigenvalue weighted by Crippen LogP contribution is -2.43. The van der Waals surface area contributed by atoms with Gasteiger partial charge in [0, 0.05) is 30.6 Å². The van der Waals surface area contributed by atoms with E-state index in [4.69, 9.17) is 11.6 Å². The number of urea groups is 1. The molecule has 1 aromatic rings. The minimum absolute atomic E-state index is 0.0349. The van der Waals surface area contributed by atoms with Crippen molar-refractivity contribution in [3.63, 3.8) is 0 Å². The van der Waals surface area contributed by atoms with E-state index in [9.17, 15) is 9.90 Å². The number of benzene rings is 1. The third-order valence-corrected chi connectivity index (χ3v) is 4.72. The summed E-state index contributed by atoms with van der Waals surface area (Å²) < 4.78 is 0. The van der Waals surface area contributed by atoms with Crippen molar-refractivity contribution >= 4 is 17.6 Å². The standard InChI is InChI=1S/C18H27ClN2O2/c1-13(22)15-7-8-21(11-15)17(23)20-12-18(2,3)10-14-5-4-6-16(19)9-14/h4-6,9,13,15,22H,7-8,10-12H2,1-3H3,(H,20,23)/t13-,15-/m0/s1. The van der Waals surface area contributed by atoms with Gasteiger partial charge < -0.3 is 15.3 Å². The number of nitrogens with one attached hydrogen (secondary N) is 1. The van der Waals surface area contributed by atoms with Gasteiger partial charge in [0.25, 0.3) is 0 Å². The maximum absolute atomic E-state index is 12.3. The number of nitrogens with zero attached hydrogens (tertiary/aromatic N) is 1. The molecule has 5 heteroatoms. The molecule has 4 nitrogen and oxygen atoms in total. The number of amides is 2. The fraction of sp³-hybridized carbons (Fsp3) is 0.611. The smallest absolute Gasteiger partial charge is 0.317 e. The van der Waals surface area contributed by atoms with E-state index < -0.39 is 0 Å². The van der Waals surface area contributed by atoms with Gasteiger partial charge in [0.05, 0.1) is 6.10 Å². The molecule has 0 aliphatic carbocycles. The number of hydrogen-bond acceptors (Lipinski definition) is 2. The highest BCUT2D eigenvalue weighted by Gasteiger charge is 2.29. The van der Waals surface area contributed by atoms with Crippen LogP contribution in [0.5, 0.6) is 0 Å². The zero-order valence-corrected chi connectivity index (χ0v) is 14.9. The number of aliphatic hydroxyl groups is 1. The Balaban J connectivity index is 1.83. The molecule has 0 bridgehead atoms. The highest BCUT2D eigenvalue weighted by atomic mass is 35.5. The zero-order valence-electron chi connectivity index (χ0n) is 14.2. The van der Waals surface area contributed by atoms with Gasteiger partial charge in [0.15, 0.2) is 0 Å². The lowest BCUT2D eigenvalue weighted by Gasteiger charge is -2.27. The van der Waals surface area contributed by atoms with Crippen molar-refractivity contribution in [2.75, 3.05) is 19.6 Å². The van der Waals surface area contributed by atoms with Crippen molar-refractivity contribution in [2.24, 2.45) is 11.3 Å². The predicted molar refractivity (Wildman–Crippen MR) is 93.7 cm³/mol. The summed E-state index contributed by atoms with van der Waals surface area (Å²) in [7, 11) is 0. The van der Waals surface area contributed by atoms with Gasteiger partial charge in [-0.2, -0.15) is 0 Å². The SMILES string of the molecule is C[C@H](O)[C@H]1CCN(C(=O)NCC(C)(C)Cc2cccc(Cl)c2)C1. The predicted octanol–water partition coefficient (Wildman–Crippen LogP) is 3.32. The van der Waals surface area contributed by atoms with Crippen molar-refractivity contribution in [1.29, 1.82) is 0 Å². The third kappa shape index (κ3) is 5.40. The molecular formula is C18H27ClN2O2. The van der Waals surface area contributed by atoms with Crippen molar-refractivity contribution in [2.45, 2.75) is 39.7 Å². The molecule has 2 rings (SSSR count). The van der Waals surface area contributed by atoms with Crippen molar-refractivity contribution in [1.82, 2.24) is 10.2 Å². The van der Waals surface area contributed by atoms with Gasteiger partial charge in [-0.3, -0.25) is 0 Å². The molecule has 2 N–H and O–H groups in total. The van der Waals surface area contributed by atoms with Crippen LogP contribution in [0.4, 0.5) is 4.79 Å². The fourth-order valence-electron chi connectivity index (χ4n) is 3.05. The van der Waals surface area contributed by atoms with Gasteiger partial charge >= 0.3 is 6.03 Å². The van der Waals surface area contributed by atoms with Gasteiger partial charge in [0.2, 0.25) is 0 Å². The van der Waals surface area contributed by atoms with Gasteiger partial charge in [-0.1, -0.05) is 37.6 Å². The normalized spacial score (nSPS) is 19.7. The van der Waals surface area contributed by atoms with E-state index >= 15 is 0 Å². The number of carbonyl (C=O) groups excluding carboxylic acids is 1. The van der Waals surface area contributed by atoms with Crippen LogP contribution in [-0.2, 0) is 6.42 Å². The Morgan fingerprint density at radius 3 is 2.87 bits per heavy atom. The molecule has 1 fully saturated rings. The Morgan fingerprint density at radius 2 is 2.26 bits per heavy atom. The topological polar surface area (TPSA) is 52.6 Å². The van der Waals surface area contributed by atoms with Crippen molar-refractivity contribution in [3.05, 3.63) is 34.9 Å². The largest absolute Gasteiger partial charge is 0.393 e. The van der Waals surface area contributed by atoms with Crippen LogP contribution in [-0.4, -0.2) is 41.8 Å². The summed E-state index contributed by atoms with van der Waals surface area (Å²) in [5.41, 5.74) is 1.12. The maximum Gasteiger partial charge on any atom is 0.317 e. The summed E-state index contributed by atoms with van der Waals surface area (Å²) in [5, 5.41) is 13.4. The Morgan fingerprint density at radius 1 is 1.52 bits per heavy atom. The van der Waals surface area contributed by atoms with E-state index in [2.05, 4.69) is 25.2 Å². The molecule has 1 heterocycles. The van der Waals surface area contributed by atoms with Gasteiger partial charge in [-0.05, 0) is 42.9 Å². The van der Waals surface area contributed by atoms with Gasteiger partial charge in [-0.15, -0.1) is 0 Å². The fourth-order valence-corrected chi connectivity index (χ4v) is 3.27. The zero-order chi connectivity index (χ0) is 17.0. The number of rotatable bonds is 5. The summed E-state index contributed by atoms with van der Waals surface area (Å²) in [5.74, 6) is 0.195. The van der Waals surface area contributed by atoms with Crippen LogP contribution >= 0.6 is 11.6 Å². The molecule has 2 amide bonds. The Hall–Kier alpha value is -1.26. The van der Waals surface area contributed by atoms with E-state index in [0.29, 0.717) is 13.1 Å². The lowest BCUT2D eigenvalue weighted by atomic mass is 9.86. The second kappa shape index (κ2) is 7.54. The molecular weight excluding hydrogens is 312 g/mol. The molecule has 0 aromatic heterocycles. The summed E-state index contributed by atoms with van der Waals surface area (Å²) in [6.45, 7) is 8.02. The first-order valence-corrected chi connectivity index (χ1v) is 8.60. The number of aliphatic hydroxyl groups excluding tert-OH is 1. The van der Waals surface area contributed by atoms with Crippen molar-refractivity contribution in [3.8, 4) is 0 Å². The van der Waals surface area contributed by atoms with Crippen LogP contribution in [0.25, 0.3) is 0 Å². The van der Waals surface area contributed by atoms with Crippen molar-refractivity contribution < 1.29 is 9.90 Å². The summed E-state index contributed by atoms with van der Waals surface area (Å²) in [6.07, 6.45) is 1.37. The Bertz CT molecular complexity index is 546. The first-order valence-electron chi connectivity index (χ1n) is 8.22. The van der Waals surface area contributed by atoms with Crippen LogP contribution < -0.4 is 5.32 Å². The van der Waals surface area contributed by atoms with E-state index in [1.165, 1.54) is 5.56 Å². The highest BCUT2D eigenvalue weighted by Crippen LogP contribution is 2.24. The maximum atomic E-state index is 12.3. The second-order valence-electron chi connectivity index (χ2n) is 7.36. The first-order chi connectivity index (χ1) is 10.8. The molecule has 1 aliphatic heterocycles. The van der Waals surface area contributed by atoms with Crippen LogP contribution in [0.15, 0.2) is 24.3 Å². The third-order valence-electron chi connectivity index (χ3n) is 4.48. The molecule has 128 valence electrons. The molecule has 0 unspecified atom stereocenters. The van der Waals surface area contributed by atoms with Gasteiger partial charge in [0.1, 0.15) is 0 Å². The minimum Gasteiger partial charge on any atom is -0.393 e. The molecule has 1 aliphatic rings. The molecule has 0 spiro atoms. The minimum atomic E-state index is -0.355. The number of halogens is 1. The monoisotopic (exact) mass is 338 g/mol. The summed E-state index contributed by atoms with van der Waals surface area (Å²) >= 11 is 6.03. The average molecular weight is 339 g/mol. The number of likely N-dealkylation sites (tertiary alicyclic amines) is 1. The van der Waals surface area contributed by atoms with E-state index in [1.54, 1.807) is 11.8 Å². The first kappa shape index (κ1) is 18.1. The quantitative estimate of drug-likeness (QED) is 0.865. The average Bonchev–Trinajstić information content (AvgIpc) is 2.94. The summed E-state index contributed by atoms with van der Waals surface area (Å²) in [4.78, 5) is 14.1. The Kier molecular flexibility index (Phi) is 5.93. The van der Waals surface area contributed by atoms with Crippen LogP contribution in [0.3, 0.4) is 0 Å². The number of carbonyl (C=O) groups is 1. The van der Waals surface area contributed by atoms with E-state index in [-0.39, 0.29) is 23.5 Å². The molecule has 23 heavy (non-hydrogen) atoms. The van der Waals surface area contributed by atoms with E-state index in [0.717, 1.165) is 24.4 Å². The van der Waals surface area contributed by atoms with E-state index in [1.807, 2.05) is 18.2 Å². The Labute approximate surface area is 143 Å². The second-order valence-corrected chi connectivity index (χ2v) is 7.80. The molecule has 2 atom stereocenters. The summed E-state index contributed by atoms with van der Waals surface area (Å²) in [6, 6.07) is 7.81. The lowest BCUT2D eigenvalue weighted by molar-refractivity contribution is 0.129. The molecule has 0 radical (unpaired) electrons. The van der Waals surface area contributed by atoms with Crippen LogP contribution in [0.2, 0.25) is 5.02 Å². The number of hydrogen-bond donors (Lipinski definition) is 2. The molecule has 0 saturated carbocycles. The molecule has 1 saturated heterocycles. The highest BCUT2D eigenvalue weighted by molar-refractivity contribution is 6.30. The van der Waals surface area contributed by atoms with Crippen LogP contribution in [0.1, 0.15) is 32.8 Å². The van der Waals surface area contributed by atoms with Gasteiger partial charge in [-0.25, -0.2) is 4.79 Å².